The van der Waals surface area contributed by atoms with Crippen molar-refractivity contribution in [2.45, 2.75) is 45.3 Å². The van der Waals surface area contributed by atoms with Crippen LogP contribution in [0.3, 0.4) is 0 Å². The van der Waals surface area contributed by atoms with Gasteiger partial charge in [0.25, 0.3) is 0 Å². The molecule has 0 saturated heterocycles. The van der Waals surface area contributed by atoms with E-state index in [0.717, 1.165) is 53.7 Å². The number of hydrogen-bond donors (Lipinski definition) is 2. The molecule has 1 fully saturated rings. The number of aromatic amines is 1. The van der Waals surface area contributed by atoms with Crippen molar-refractivity contribution in [3.05, 3.63) is 58.9 Å². The first kappa shape index (κ1) is 21.3. The molecule has 3 aromatic rings. The van der Waals surface area contributed by atoms with Crippen LogP contribution in [0.2, 0.25) is 0 Å². The van der Waals surface area contributed by atoms with Crippen LogP contribution in [0.5, 0.6) is 0 Å². The summed E-state index contributed by atoms with van der Waals surface area (Å²) in [5.74, 6) is 0.557. The van der Waals surface area contributed by atoms with Crippen molar-refractivity contribution in [1.29, 1.82) is 5.26 Å². The molecule has 1 aliphatic carbocycles. The second kappa shape index (κ2) is 9.36. The smallest absolute Gasteiger partial charge is 0.373 e. The molecular weight excluding hydrogens is 385 g/mol. The summed E-state index contributed by atoms with van der Waals surface area (Å²) < 4.78 is 14.4. The first-order valence-electron chi connectivity index (χ1n) is 9.74. The van der Waals surface area contributed by atoms with Crippen molar-refractivity contribution in [3.63, 3.8) is 0 Å². The van der Waals surface area contributed by atoms with Gasteiger partial charge in [-0.25, -0.2) is 4.39 Å². The Bertz CT molecular complexity index is 1120. The minimum absolute atomic E-state index is 0.250. The minimum Gasteiger partial charge on any atom is -0.392 e. The maximum atomic E-state index is 14.4. The Morgan fingerprint density at radius 1 is 1.20 bits per heavy atom. The third kappa shape index (κ3) is 4.11. The highest BCUT2D eigenvalue weighted by molar-refractivity contribution is 5.91. The Balaban J connectivity index is 0.000000806. The zero-order valence-electron chi connectivity index (χ0n) is 16.6. The Morgan fingerprint density at radius 2 is 1.90 bits per heavy atom. The molecule has 0 spiro atoms. The molecule has 0 aliphatic heterocycles. The number of nitriles is 1. The quantitative estimate of drug-likeness (QED) is 0.665. The third-order valence-corrected chi connectivity index (χ3v) is 5.58. The summed E-state index contributed by atoms with van der Waals surface area (Å²) in [4.78, 5) is 21.9. The number of aliphatic hydroxyl groups excluding tert-OH is 1. The van der Waals surface area contributed by atoms with Crippen LogP contribution < -0.4 is 4.90 Å². The molecule has 30 heavy (non-hydrogen) atoms. The van der Waals surface area contributed by atoms with Gasteiger partial charge in [-0.1, -0.05) is 25.0 Å². The molecule has 2 aromatic carbocycles. The molecule has 6 nitrogen and oxygen atoms in total. The molecule has 4 rings (SSSR count). The van der Waals surface area contributed by atoms with E-state index in [1.807, 2.05) is 24.3 Å². The first-order valence-corrected chi connectivity index (χ1v) is 9.74. The maximum Gasteiger partial charge on any atom is 0.373 e. The molecule has 0 atom stereocenters. The number of aliphatic hydroxyl groups is 1. The summed E-state index contributed by atoms with van der Waals surface area (Å²) in [6.07, 6.45) is 4.69. The molecule has 2 N–H and O–H groups in total. The average Bonchev–Trinajstić information content (AvgIpc) is 3.38. The molecule has 0 bridgehead atoms. The zero-order valence-corrected chi connectivity index (χ0v) is 16.6. The number of anilines is 2. The molecule has 154 valence electrons. The van der Waals surface area contributed by atoms with Gasteiger partial charge in [0, 0.05) is 28.2 Å². The number of halogens is 1. The average molecular weight is 407 g/mol. The van der Waals surface area contributed by atoms with Crippen LogP contribution in [0.25, 0.3) is 10.9 Å². The number of carbonyl (C=O) groups excluding carboxylic acids is 2. The Hall–Kier alpha value is -3.46. The summed E-state index contributed by atoms with van der Waals surface area (Å²) in [7, 11) is 0. The molecule has 0 unspecified atom stereocenters. The van der Waals surface area contributed by atoms with Gasteiger partial charge in [-0.3, -0.25) is 0 Å². The van der Waals surface area contributed by atoms with Crippen molar-refractivity contribution in [2.24, 2.45) is 0 Å². The molecule has 1 heterocycles. The van der Waals surface area contributed by atoms with Gasteiger partial charge in [0.2, 0.25) is 0 Å². The SMILES string of the molecule is Cc1c(N(c2ccc(CO)c(F)c2)C2CCCC2)[nH]c2cc(C#N)ccc12.O=C=O. The van der Waals surface area contributed by atoms with E-state index in [0.29, 0.717) is 17.2 Å². The van der Waals surface area contributed by atoms with Gasteiger partial charge < -0.3 is 15.0 Å². The highest BCUT2D eigenvalue weighted by atomic mass is 19.1. The lowest BCUT2D eigenvalue weighted by Gasteiger charge is -2.31. The number of aryl methyl sites for hydroxylation is 1. The van der Waals surface area contributed by atoms with Crippen molar-refractivity contribution < 1.29 is 19.1 Å². The van der Waals surface area contributed by atoms with Crippen LogP contribution in [0.1, 0.15) is 42.4 Å². The van der Waals surface area contributed by atoms with Gasteiger partial charge in [0.1, 0.15) is 11.6 Å². The first-order chi connectivity index (χ1) is 14.5. The lowest BCUT2D eigenvalue weighted by molar-refractivity contribution is -0.191. The molecule has 7 heteroatoms. The van der Waals surface area contributed by atoms with Crippen LogP contribution in [0.4, 0.5) is 15.9 Å². The van der Waals surface area contributed by atoms with Crippen LogP contribution in [0, 0.1) is 24.1 Å². The highest BCUT2D eigenvalue weighted by Crippen LogP contribution is 2.39. The van der Waals surface area contributed by atoms with E-state index in [1.54, 1.807) is 6.07 Å². The molecular formula is C23H22FN3O3. The monoisotopic (exact) mass is 407 g/mol. The van der Waals surface area contributed by atoms with Crippen molar-refractivity contribution in [3.8, 4) is 6.07 Å². The molecule has 1 aliphatic rings. The highest BCUT2D eigenvalue weighted by Gasteiger charge is 2.27. The van der Waals surface area contributed by atoms with Gasteiger partial charge in [-0.15, -0.1) is 0 Å². The van der Waals surface area contributed by atoms with Gasteiger partial charge in [-0.05, 0) is 49.6 Å². The number of aromatic nitrogens is 1. The van der Waals surface area contributed by atoms with Crippen LogP contribution in [-0.4, -0.2) is 22.3 Å². The van der Waals surface area contributed by atoms with Gasteiger partial charge in [-0.2, -0.15) is 14.9 Å². The second-order valence-electron chi connectivity index (χ2n) is 7.30. The van der Waals surface area contributed by atoms with Crippen molar-refractivity contribution in [1.82, 2.24) is 4.98 Å². The summed E-state index contributed by atoms with van der Waals surface area (Å²) >= 11 is 0. The number of benzene rings is 2. The second-order valence-corrected chi connectivity index (χ2v) is 7.30. The van der Waals surface area contributed by atoms with Crippen molar-refractivity contribution >= 4 is 28.6 Å². The van der Waals surface area contributed by atoms with E-state index in [9.17, 15) is 14.8 Å². The topological polar surface area (TPSA) is 97.2 Å². The van der Waals surface area contributed by atoms with E-state index < -0.39 is 5.82 Å². The number of nitrogens with zero attached hydrogens (tertiary/aromatic N) is 2. The summed E-state index contributed by atoms with van der Waals surface area (Å²) in [6, 6.07) is 13.2. The Kier molecular flexibility index (Phi) is 6.63. The fourth-order valence-electron chi connectivity index (χ4n) is 4.13. The van der Waals surface area contributed by atoms with E-state index in [2.05, 4.69) is 22.9 Å². The maximum absolute atomic E-state index is 14.4. The molecule has 0 amide bonds. The number of nitrogens with one attached hydrogen (secondary N) is 1. The van der Waals surface area contributed by atoms with Gasteiger partial charge in [0.05, 0.1) is 18.2 Å². The summed E-state index contributed by atoms with van der Waals surface area (Å²) in [5, 5.41) is 19.5. The van der Waals surface area contributed by atoms with E-state index in [4.69, 9.17) is 9.59 Å². The van der Waals surface area contributed by atoms with Gasteiger partial charge >= 0.3 is 6.15 Å². The van der Waals surface area contributed by atoms with Crippen LogP contribution in [0.15, 0.2) is 36.4 Å². The third-order valence-electron chi connectivity index (χ3n) is 5.58. The predicted molar refractivity (Wildman–Crippen MR) is 109 cm³/mol. The fraction of sp³-hybridized carbons (Fsp3) is 0.304. The number of hydrogen-bond acceptors (Lipinski definition) is 5. The number of rotatable bonds is 4. The standard InChI is InChI=1S/C22H22FN3O.CO2/c1-14-19-9-6-15(12-24)10-21(19)25-22(14)26(17-4-2-3-5-17)18-8-7-16(13-27)20(23)11-18;2-1-3/h6-11,17,25,27H,2-5,13H2,1H3;. The summed E-state index contributed by atoms with van der Waals surface area (Å²) in [5.41, 5.74) is 3.70. The van der Waals surface area contributed by atoms with Crippen LogP contribution >= 0.6 is 0 Å². The normalized spacial score (nSPS) is 13.4. The fourth-order valence-corrected chi connectivity index (χ4v) is 4.13. The van der Waals surface area contributed by atoms with Crippen molar-refractivity contribution in [2.75, 3.05) is 4.90 Å². The minimum atomic E-state index is -0.390. The van der Waals surface area contributed by atoms with E-state index >= 15 is 0 Å². The molecule has 0 radical (unpaired) electrons. The lowest BCUT2D eigenvalue weighted by Crippen LogP contribution is -2.29. The van der Waals surface area contributed by atoms with Crippen LogP contribution in [-0.2, 0) is 16.2 Å². The van der Waals surface area contributed by atoms with Gasteiger partial charge in [0.15, 0.2) is 0 Å². The lowest BCUT2D eigenvalue weighted by atomic mass is 10.1. The Morgan fingerprint density at radius 3 is 2.50 bits per heavy atom. The Labute approximate surface area is 173 Å². The van der Waals surface area contributed by atoms with E-state index in [-0.39, 0.29) is 12.8 Å². The van der Waals surface area contributed by atoms with E-state index in [1.165, 1.54) is 6.07 Å². The largest absolute Gasteiger partial charge is 0.392 e. The summed E-state index contributed by atoms with van der Waals surface area (Å²) in [6.45, 7) is 1.75. The predicted octanol–water partition coefficient (Wildman–Crippen LogP) is 4.48. The number of fused-ring (bicyclic) bond motifs is 1. The molecule has 1 saturated carbocycles. The molecule has 1 aromatic heterocycles. The zero-order chi connectivity index (χ0) is 21.7. The number of H-pyrrole nitrogens is 1.